The van der Waals surface area contributed by atoms with Crippen LogP contribution in [-0.2, 0) is 6.42 Å². The van der Waals surface area contributed by atoms with E-state index in [1.165, 1.54) is 11.5 Å². The Morgan fingerprint density at radius 3 is 2.88 bits per heavy atom. The third-order valence-electron chi connectivity index (χ3n) is 2.30. The summed E-state index contributed by atoms with van der Waals surface area (Å²) < 4.78 is 3.82. The number of rotatable bonds is 4. The molecule has 4 nitrogen and oxygen atoms in total. The molecule has 1 unspecified atom stereocenters. The molecule has 0 fully saturated rings. The van der Waals surface area contributed by atoms with Gasteiger partial charge in [0.05, 0.1) is 17.1 Å². The van der Waals surface area contributed by atoms with Crippen LogP contribution in [0.3, 0.4) is 0 Å². The standard InChI is InChI=1S/C10H11ClN4S/c11-8-4-2-1-3-7(8)5-9(14-12)10-6-13-15-16-10/h1-4,6,9,14H,5,12H2. The molecule has 0 radical (unpaired) electrons. The van der Waals surface area contributed by atoms with Crippen LogP contribution in [-0.4, -0.2) is 9.59 Å². The van der Waals surface area contributed by atoms with Crippen LogP contribution in [0.15, 0.2) is 30.5 Å². The summed E-state index contributed by atoms with van der Waals surface area (Å²) in [5.74, 6) is 5.52. The minimum Gasteiger partial charge on any atom is -0.271 e. The molecule has 0 amide bonds. The van der Waals surface area contributed by atoms with E-state index < -0.39 is 0 Å². The van der Waals surface area contributed by atoms with Gasteiger partial charge < -0.3 is 0 Å². The summed E-state index contributed by atoms with van der Waals surface area (Å²) in [4.78, 5) is 1.00. The van der Waals surface area contributed by atoms with Gasteiger partial charge in [0.2, 0.25) is 0 Å². The molecule has 0 aliphatic heterocycles. The van der Waals surface area contributed by atoms with E-state index in [1.54, 1.807) is 6.20 Å². The van der Waals surface area contributed by atoms with Crippen molar-refractivity contribution in [3.05, 3.63) is 45.9 Å². The highest BCUT2D eigenvalue weighted by molar-refractivity contribution is 7.05. The Balaban J connectivity index is 2.17. The Bertz CT molecular complexity index is 446. The molecule has 0 spiro atoms. The maximum Gasteiger partial charge on any atom is 0.0670 e. The highest BCUT2D eigenvalue weighted by Gasteiger charge is 2.14. The minimum absolute atomic E-state index is 0.0000926. The Hall–Kier alpha value is -1.01. The lowest BCUT2D eigenvalue weighted by molar-refractivity contribution is 0.560. The van der Waals surface area contributed by atoms with Crippen molar-refractivity contribution in [2.75, 3.05) is 0 Å². The van der Waals surface area contributed by atoms with Gasteiger partial charge in [-0.3, -0.25) is 11.3 Å². The Labute approximate surface area is 103 Å². The topological polar surface area (TPSA) is 63.8 Å². The summed E-state index contributed by atoms with van der Waals surface area (Å²) in [6.07, 6.45) is 2.44. The highest BCUT2D eigenvalue weighted by atomic mass is 35.5. The normalized spacial score (nSPS) is 12.6. The van der Waals surface area contributed by atoms with E-state index in [9.17, 15) is 0 Å². The van der Waals surface area contributed by atoms with Crippen LogP contribution >= 0.6 is 23.1 Å². The maximum absolute atomic E-state index is 6.09. The average Bonchev–Trinajstić information content (AvgIpc) is 2.81. The molecular formula is C10H11ClN4S. The highest BCUT2D eigenvalue weighted by Crippen LogP contribution is 2.23. The van der Waals surface area contributed by atoms with Crippen molar-refractivity contribution in [2.45, 2.75) is 12.5 Å². The number of benzene rings is 1. The zero-order valence-corrected chi connectivity index (χ0v) is 10.0. The lowest BCUT2D eigenvalue weighted by Gasteiger charge is -2.13. The molecule has 1 atom stereocenters. The van der Waals surface area contributed by atoms with Crippen LogP contribution in [0.5, 0.6) is 0 Å². The SMILES string of the molecule is NNC(Cc1ccccc1Cl)c1cnns1. The Kier molecular flexibility index (Phi) is 3.84. The summed E-state index contributed by atoms with van der Waals surface area (Å²) in [5, 5.41) is 4.55. The summed E-state index contributed by atoms with van der Waals surface area (Å²) in [7, 11) is 0. The second-order valence-corrected chi connectivity index (χ2v) is 4.56. The fourth-order valence-electron chi connectivity index (χ4n) is 1.45. The van der Waals surface area contributed by atoms with E-state index in [1.807, 2.05) is 24.3 Å². The first-order chi connectivity index (χ1) is 7.81. The van der Waals surface area contributed by atoms with E-state index in [0.29, 0.717) is 0 Å². The summed E-state index contributed by atoms with van der Waals surface area (Å²) in [6, 6.07) is 7.72. The molecule has 1 heterocycles. The molecule has 6 heteroatoms. The molecule has 0 bridgehead atoms. The monoisotopic (exact) mass is 254 g/mol. The summed E-state index contributed by atoms with van der Waals surface area (Å²) >= 11 is 7.42. The van der Waals surface area contributed by atoms with Crippen LogP contribution in [0.1, 0.15) is 16.5 Å². The number of nitrogens with one attached hydrogen (secondary N) is 1. The van der Waals surface area contributed by atoms with E-state index in [0.717, 1.165) is 21.9 Å². The predicted octanol–water partition coefficient (Wildman–Crippen LogP) is 1.94. The Morgan fingerprint density at radius 2 is 2.25 bits per heavy atom. The van der Waals surface area contributed by atoms with Gasteiger partial charge in [-0.25, -0.2) is 0 Å². The molecule has 0 saturated carbocycles. The van der Waals surface area contributed by atoms with Crippen LogP contribution in [0, 0.1) is 0 Å². The third-order valence-corrected chi connectivity index (χ3v) is 3.45. The molecule has 0 aliphatic rings. The summed E-state index contributed by atoms with van der Waals surface area (Å²) in [5.41, 5.74) is 3.81. The van der Waals surface area contributed by atoms with Gasteiger partial charge in [0.15, 0.2) is 0 Å². The largest absolute Gasteiger partial charge is 0.271 e. The van der Waals surface area contributed by atoms with Gasteiger partial charge >= 0.3 is 0 Å². The first-order valence-electron chi connectivity index (χ1n) is 4.78. The van der Waals surface area contributed by atoms with Crippen LogP contribution < -0.4 is 11.3 Å². The van der Waals surface area contributed by atoms with Crippen LogP contribution in [0.25, 0.3) is 0 Å². The maximum atomic E-state index is 6.09. The number of hydrogen-bond donors (Lipinski definition) is 2. The number of hydrazine groups is 1. The number of halogens is 1. The smallest absolute Gasteiger partial charge is 0.0670 e. The van der Waals surface area contributed by atoms with Crippen LogP contribution in [0.2, 0.25) is 5.02 Å². The van der Waals surface area contributed by atoms with Crippen molar-refractivity contribution in [1.82, 2.24) is 15.0 Å². The van der Waals surface area contributed by atoms with Crippen molar-refractivity contribution in [3.63, 3.8) is 0 Å². The summed E-state index contributed by atoms with van der Waals surface area (Å²) in [6.45, 7) is 0. The van der Waals surface area contributed by atoms with Gasteiger partial charge in [-0.05, 0) is 29.6 Å². The van der Waals surface area contributed by atoms with Crippen molar-refractivity contribution in [2.24, 2.45) is 5.84 Å². The van der Waals surface area contributed by atoms with E-state index in [4.69, 9.17) is 17.4 Å². The lowest BCUT2D eigenvalue weighted by atomic mass is 10.1. The fourth-order valence-corrected chi connectivity index (χ4v) is 2.23. The molecule has 2 rings (SSSR count). The molecule has 3 N–H and O–H groups in total. The zero-order valence-electron chi connectivity index (χ0n) is 8.43. The average molecular weight is 255 g/mol. The van der Waals surface area contributed by atoms with Gasteiger partial charge in [-0.15, -0.1) is 5.10 Å². The fraction of sp³-hybridized carbons (Fsp3) is 0.200. The quantitative estimate of drug-likeness (QED) is 0.647. The van der Waals surface area contributed by atoms with Gasteiger partial charge in [-0.2, -0.15) is 0 Å². The van der Waals surface area contributed by atoms with Gasteiger partial charge in [0.25, 0.3) is 0 Å². The number of aromatic nitrogens is 2. The Morgan fingerprint density at radius 1 is 1.44 bits per heavy atom. The third kappa shape index (κ3) is 2.56. The molecule has 1 aromatic heterocycles. The molecular weight excluding hydrogens is 244 g/mol. The lowest BCUT2D eigenvalue weighted by Crippen LogP contribution is -2.29. The first kappa shape index (κ1) is 11.5. The number of nitrogens with two attached hydrogens (primary N) is 1. The molecule has 84 valence electrons. The number of hydrogen-bond acceptors (Lipinski definition) is 5. The zero-order chi connectivity index (χ0) is 11.4. The molecule has 0 aliphatic carbocycles. The first-order valence-corrected chi connectivity index (χ1v) is 5.93. The second kappa shape index (κ2) is 5.36. The molecule has 2 aromatic rings. The van der Waals surface area contributed by atoms with Crippen molar-refractivity contribution in [1.29, 1.82) is 0 Å². The van der Waals surface area contributed by atoms with Crippen LogP contribution in [0.4, 0.5) is 0 Å². The van der Waals surface area contributed by atoms with Gasteiger partial charge in [-0.1, -0.05) is 34.3 Å². The van der Waals surface area contributed by atoms with Crippen molar-refractivity contribution in [3.8, 4) is 0 Å². The van der Waals surface area contributed by atoms with E-state index >= 15 is 0 Å². The van der Waals surface area contributed by atoms with E-state index in [-0.39, 0.29) is 6.04 Å². The van der Waals surface area contributed by atoms with Gasteiger partial charge in [0.1, 0.15) is 0 Å². The van der Waals surface area contributed by atoms with E-state index in [2.05, 4.69) is 15.0 Å². The van der Waals surface area contributed by atoms with Crippen molar-refractivity contribution < 1.29 is 0 Å². The second-order valence-electron chi connectivity index (χ2n) is 3.33. The predicted molar refractivity (Wildman–Crippen MR) is 65.1 cm³/mol. The van der Waals surface area contributed by atoms with Crippen molar-refractivity contribution >= 4 is 23.1 Å². The van der Waals surface area contributed by atoms with Gasteiger partial charge in [0, 0.05) is 5.02 Å². The minimum atomic E-state index is -0.0000926. The number of nitrogens with zero attached hydrogens (tertiary/aromatic N) is 2. The molecule has 1 aromatic carbocycles. The molecule has 0 saturated heterocycles. The molecule has 16 heavy (non-hydrogen) atoms.